The summed E-state index contributed by atoms with van der Waals surface area (Å²) in [5, 5.41) is 6.21. The van der Waals surface area contributed by atoms with Crippen molar-refractivity contribution < 1.29 is 19.1 Å². The van der Waals surface area contributed by atoms with Gasteiger partial charge in [0.05, 0.1) is 26.0 Å². The first-order valence-corrected chi connectivity index (χ1v) is 10.4. The van der Waals surface area contributed by atoms with Crippen LogP contribution >= 0.6 is 0 Å². The average molecular weight is 421 g/mol. The molecule has 0 unspecified atom stereocenters. The summed E-state index contributed by atoms with van der Waals surface area (Å²) in [5.41, 5.74) is 2.58. The van der Waals surface area contributed by atoms with E-state index in [-0.39, 0.29) is 30.3 Å². The molecule has 162 valence electrons. The third kappa shape index (κ3) is 4.40. The predicted octanol–water partition coefficient (Wildman–Crippen LogP) is 3.25. The molecule has 0 aromatic heterocycles. The molecule has 2 aliphatic rings. The Balaban J connectivity index is 1.63. The fourth-order valence-corrected chi connectivity index (χ4v) is 3.87. The Bertz CT molecular complexity index is 1000. The first kappa shape index (κ1) is 20.9. The van der Waals surface area contributed by atoms with Crippen LogP contribution < -0.4 is 9.47 Å². The van der Waals surface area contributed by atoms with E-state index in [0.29, 0.717) is 17.9 Å². The van der Waals surface area contributed by atoms with E-state index in [4.69, 9.17) is 14.6 Å². The van der Waals surface area contributed by atoms with Crippen LogP contribution in [0.2, 0.25) is 0 Å². The van der Waals surface area contributed by atoms with Gasteiger partial charge in [-0.25, -0.2) is 5.01 Å². The number of carbonyl (C=O) groups excluding carboxylic acids is 2. The first-order valence-electron chi connectivity index (χ1n) is 10.4. The first-order chi connectivity index (χ1) is 15.0. The zero-order valence-corrected chi connectivity index (χ0v) is 18.1. The van der Waals surface area contributed by atoms with Gasteiger partial charge in [-0.05, 0) is 30.5 Å². The lowest BCUT2D eigenvalue weighted by atomic mass is 9.98. The van der Waals surface area contributed by atoms with E-state index >= 15 is 0 Å². The number of carbonyl (C=O) groups is 2. The second-order valence-electron chi connectivity index (χ2n) is 7.95. The summed E-state index contributed by atoms with van der Waals surface area (Å²) in [5.74, 6) is 1.23. The van der Waals surface area contributed by atoms with Gasteiger partial charge in [-0.15, -0.1) is 0 Å². The molecule has 1 aliphatic heterocycles. The van der Waals surface area contributed by atoms with Crippen molar-refractivity contribution in [3.63, 3.8) is 0 Å². The van der Waals surface area contributed by atoms with Crippen LogP contribution in [0.5, 0.6) is 11.5 Å². The number of rotatable bonds is 7. The fraction of sp³-hybridized carbons (Fsp3) is 0.375. The molecule has 1 aliphatic carbocycles. The number of hydrazone groups is 1. The summed E-state index contributed by atoms with van der Waals surface area (Å²) in [4.78, 5) is 27.0. The molecule has 1 heterocycles. The van der Waals surface area contributed by atoms with Crippen molar-refractivity contribution in [2.45, 2.75) is 25.3 Å². The lowest BCUT2D eigenvalue weighted by Crippen LogP contribution is -2.39. The molecule has 2 aromatic rings. The number of likely N-dealkylation sites (N-methyl/N-ethyl adjacent to an activating group) is 1. The van der Waals surface area contributed by atoms with Gasteiger partial charge in [-0.3, -0.25) is 9.59 Å². The number of nitrogens with zero attached hydrogens (tertiary/aromatic N) is 3. The van der Waals surface area contributed by atoms with E-state index in [1.807, 2.05) is 48.5 Å². The smallest absolute Gasteiger partial charge is 0.262 e. The predicted molar refractivity (Wildman–Crippen MR) is 117 cm³/mol. The molecular formula is C24H27N3O4. The maximum Gasteiger partial charge on any atom is 0.262 e. The summed E-state index contributed by atoms with van der Waals surface area (Å²) < 4.78 is 10.8. The Morgan fingerprint density at radius 2 is 1.84 bits per heavy atom. The van der Waals surface area contributed by atoms with Gasteiger partial charge in [-0.1, -0.05) is 30.3 Å². The third-order valence-electron chi connectivity index (χ3n) is 5.75. The van der Waals surface area contributed by atoms with Crippen molar-refractivity contribution in [2.24, 2.45) is 11.0 Å². The van der Waals surface area contributed by atoms with E-state index in [1.165, 1.54) is 9.91 Å². The topological polar surface area (TPSA) is 71.4 Å². The highest BCUT2D eigenvalue weighted by molar-refractivity contribution is 6.05. The van der Waals surface area contributed by atoms with Gasteiger partial charge < -0.3 is 14.4 Å². The highest BCUT2D eigenvalue weighted by atomic mass is 16.5. The van der Waals surface area contributed by atoms with Gasteiger partial charge in [-0.2, -0.15) is 5.10 Å². The number of benzene rings is 2. The summed E-state index contributed by atoms with van der Waals surface area (Å²) >= 11 is 0. The Kier molecular flexibility index (Phi) is 5.93. The maximum atomic E-state index is 13.2. The van der Waals surface area contributed by atoms with Crippen molar-refractivity contribution >= 4 is 17.5 Å². The third-order valence-corrected chi connectivity index (χ3v) is 5.75. The standard InChI is InChI=1S/C24H27N3O4/c1-26(24(29)17-9-10-17)15-23(28)27-21(16-7-5-4-6-8-16)14-20(25-27)19-12-11-18(30-2)13-22(19)31-3/h4-8,11-13,17,21H,9-10,14-15H2,1-3H3/t21-/m0/s1. The minimum atomic E-state index is -0.236. The quantitative estimate of drug-likeness (QED) is 0.688. The van der Waals surface area contributed by atoms with Crippen LogP contribution in [-0.2, 0) is 9.59 Å². The molecule has 4 rings (SSSR count). The molecule has 2 aromatic carbocycles. The van der Waals surface area contributed by atoms with Crippen molar-refractivity contribution in [2.75, 3.05) is 27.8 Å². The average Bonchev–Trinajstić information content (AvgIpc) is 3.56. The second kappa shape index (κ2) is 8.79. The van der Waals surface area contributed by atoms with Crippen LogP contribution in [0.3, 0.4) is 0 Å². The summed E-state index contributed by atoms with van der Waals surface area (Å²) in [6.45, 7) is 0.00912. The molecule has 2 amide bonds. The van der Waals surface area contributed by atoms with Crippen LogP contribution in [0.15, 0.2) is 53.6 Å². The lowest BCUT2D eigenvalue weighted by molar-refractivity contribution is -0.141. The second-order valence-corrected chi connectivity index (χ2v) is 7.95. The molecular weight excluding hydrogens is 394 g/mol. The highest BCUT2D eigenvalue weighted by Gasteiger charge is 2.37. The highest BCUT2D eigenvalue weighted by Crippen LogP contribution is 2.36. The van der Waals surface area contributed by atoms with Crippen LogP contribution in [-0.4, -0.2) is 55.2 Å². The number of ether oxygens (including phenoxy) is 2. The molecule has 0 N–H and O–H groups in total. The minimum Gasteiger partial charge on any atom is -0.497 e. The SMILES string of the molecule is COc1ccc(C2=NN(C(=O)CN(C)C(=O)C3CC3)[C@H](c3ccccc3)C2)c(OC)c1. The maximum absolute atomic E-state index is 13.2. The van der Waals surface area contributed by atoms with Gasteiger partial charge in [0, 0.05) is 31.0 Å². The van der Waals surface area contributed by atoms with Crippen LogP contribution in [0.1, 0.15) is 36.4 Å². The Labute approximate surface area is 182 Å². The zero-order valence-electron chi connectivity index (χ0n) is 18.1. The molecule has 1 saturated carbocycles. The number of amides is 2. The van der Waals surface area contributed by atoms with Crippen LogP contribution in [0.4, 0.5) is 0 Å². The molecule has 0 radical (unpaired) electrons. The fourth-order valence-electron chi connectivity index (χ4n) is 3.87. The Morgan fingerprint density at radius 1 is 1.10 bits per heavy atom. The summed E-state index contributed by atoms with van der Waals surface area (Å²) in [6.07, 6.45) is 2.37. The lowest BCUT2D eigenvalue weighted by Gasteiger charge is -2.25. The normalized spacial score (nSPS) is 17.8. The van der Waals surface area contributed by atoms with Crippen molar-refractivity contribution in [1.82, 2.24) is 9.91 Å². The Hall–Kier alpha value is -3.35. The Morgan fingerprint density at radius 3 is 2.48 bits per heavy atom. The van der Waals surface area contributed by atoms with Crippen molar-refractivity contribution in [1.29, 1.82) is 0 Å². The van der Waals surface area contributed by atoms with E-state index < -0.39 is 0 Å². The molecule has 31 heavy (non-hydrogen) atoms. The van der Waals surface area contributed by atoms with Gasteiger partial charge in [0.1, 0.15) is 18.0 Å². The minimum absolute atomic E-state index is 0.00912. The molecule has 1 fully saturated rings. The molecule has 7 heteroatoms. The van der Waals surface area contributed by atoms with E-state index in [0.717, 1.165) is 29.7 Å². The van der Waals surface area contributed by atoms with Crippen molar-refractivity contribution in [3.05, 3.63) is 59.7 Å². The summed E-state index contributed by atoms with van der Waals surface area (Å²) in [7, 11) is 4.89. The molecule has 7 nitrogen and oxygen atoms in total. The van der Waals surface area contributed by atoms with Crippen LogP contribution in [0, 0.1) is 5.92 Å². The van der Waals surface area contributed by atoms with Gasteiger partial charge in [0.15, 0.2) is 0 Å². The molecule has 0 spiro atoms. The number of hydrogen-bond acceptors (Lipinski definition) is 5. The molecule has 0 saturated heterocycles. The van der Waals surface area contributed by atoms with Gasteiger partial charge >= 0.3 is 0 Å². The molecule has 0 bridgehead atoms. The summed E-state index contributed by atoms with van der Waals surface area (Å²) in [6, 6.07) is 15.2. The van der Waals surface area contributed by atoms with Gasteiger partial charge in [0.2, 0.25) is 5.91 Å². The van der Waals surface area contributed by atoms with Crippen molar-refractivity contribution in [3.8, 4) is 11.5 Å². The van der Waals surface area contributed by atoms with E-state index in [1.54, 1.807) is 21.3 Å². The van der Waals surface area contributed by atoms with E-state index in [2.05, 4.69) is 0 Å². The zero-order chi connectivity index (χ0) is 22.0. The number of methoxy groups -OCH3 is 2. The monoisotopic (exact) mass is 421 g/mol. The molecule has 1 atom stereocenters. The number of hydrogen-bond donors (Lipinski definition) is 0. The van der Waals surface area contributed by atoms with E-state index in [9.17, 15) is 9.59 Å². The van der Waals surface area contributed by atoms with Crippen LogP contribution in [0.25, 0.3) is 0 Å². The van der Waals surface area contributed by atoms with Gasteiger partial charge in [0.25, 0.3) is 5.91 Å². The largest absolute Gasteiger partial charge is 0.497 e.